The van der Waals surface area contributed by atoms with Crippen LogP contribution in [0.25, 0.3) is 5.57 Å². The minimum absolute atomic E-state index is 0.0644. The molecule has 0 unspecified atom stereocenters. The normalized spacial score (nSPS) is 19.3. The average Bonchev–Trinajstić information content (AvgIpc) is 2.38. The number of allylic oxidation sites excluding steroid dienone is 3. The lowest BCUT2D eigenvalue weighted by molar-refractivity contribution is 0.0175. The molecule has 0 amide bonds. The molecule has 3 heteroatoms. The van der Waals surface area contributed by atoms with E-state index < -0.39 is 5.92 Å². The highest BCUT2D eigenvalue weighted by Gasteiger charge is 2.24. The number of halogens is 2. The molecule has 0 aliphatic heterocycles. The van der Waals surface area contributed by atoms with Gasteiger partial charge in [-0.3, -0.25) is 0 Å². The Morgan fingerprint density at radius 3 is 2.26 bits per heavy atom. The first-order chi connectivity index (χ1) is 10.9. The van der Waals surface area contributed by atoms with E-state index in [1.807, 2.05) is 12.1 Å². The summed E-state index contributed by atoms with van der Waals surface area (Å²) in [5.41, 5.74) is 10.7. The highest BCUT2D eigenvalue weighted by molar-refractivity contribution is 5.69. The van der Waals surface area contributed by atoms with E-state index >= 15 is 0 Å². The van der Waals surface area contributed by atoms with Crippen LogP contribution >= 0.6 is 0 Å². The molecule has 0 spiro atoms. The van der Waals surface area contributed by atoms with Gasteiger partial charge in [-0.2, -0.15) is 0 Å². The molecule has 3 rings (SSSR count). The Hall–Kier alpha value is -1.64. The second-order valence-corrected chi connectivity index (χ2v) is 7.05. The lowest BCUT2D eigenvalue weighted by atomic mass is 9.79. The zero-order valence-electron chi connectivity index (χ0n) is 13.7. The number of benzene rings is 1. The van der Waals surface area contributed by atoms with Gasteiger partial charge in [0.1, 0.15) is 0 Å². The summed E-state index contributed by atoms with van der Waals surface area (Å²) in [4.78, 5) is 0. The number of nitrogens with two attached hydrogens (primary N) is 1. The third kappa shape index (κ3) is 3.82. The van der Waals surface area contributed by atoms with Gasteiger partial charge in [0.2, 0.25) is 0 Å². The highest BCUT2D eigenvalue weighted by atomic mass is 19.3. The smallest absolute Gasteiger partial charge is 0.270 e. The van der Waals surface area contributed by atoms with E-state index in [0.29, 0.717) is 5.92 Å². The van der Waals surface area contributed by atoms with Crippen LogP contribution in [0.3, 0.4) is 0 Å². The molecule has 1 aromatic carbocycles. The molecule has 124 valence electrons. The van der Waals surface area contributed by atoms with Crippen LogP contribution in [0.2, 0.25) is 0 Å². The fraction of sp³-hybridized carbons (Fsp3) is 0.500. The van der Waals surface area contributed by atoms with Gasteiger partial charge in [-0.05, 0) is 54.4 Å². The van der Waals surface area contributed by atoms with Crippen LogP contribution in [-0.4, -0.2) is 0 Å². The van der Waals surface area contributed by atoms with Gasteiger partial charge in [0.25, 0.3) is 5.92 Å². The van der Waals surface area contributed by atoms with Gasteiger partial charge in [-0.25, -0.2) is 8.78 Å². The number of alkyl halides is 2. The summed E-state index contributed by atoms with van der Waals surface area (Å²) in [5.74, 6) is -2.07. The maximum atomic E-state index is 13.4. The standard InChI is InChI=1S/C20H25F2N/c1-20(21,22)18-10-8-15(9-11-18)17(12-14-4-2-5-14)13-19(23)16-6-3-7-16/h8-11,13-14H,2-7,12,23H2,1H3/b17-13+. The molecule has 2 aliphatic carbocycles. The molecule has 2 fully saturated rings. The van der Waals surface area contributed by atoms with Gasteiger partial charge < -0.3 is 5.73 Å². The molecule has 23 heavy (non-hydrogen) atoms. The summed E-state index contributed by atoms with van der Waals surface area (Å²) in [7, 11) is 0. The Kier molecular flexibility index (Phi) is 4.56. The third-order valence-corrected chi connectivity index (χ3v) is 5.19. The molecule has 2 N–H and O–H groups in total. The molecule has 1 nitrogen and oxygen atoms in total. The first-order valence-electron chi connectivity index (χ1n) is 8.60. The van der Waals surface area contributed by atoms with Crippen molar-refractivity contribution in [1.29, 1.82) is 0 Å². The van der Waals surface area contributed by atoms with E-state index in [2.05, 4.69) is 6.08 Å². The second-order valence-electron chi connectivity index (χ2n) is 7.05. The van der Waals surface area contributed by atoms with Gasteiger partial charge in [0, 0.05) is 18.2 Å². The van der Waals surface area contributed by atoms with Gasteiger partial charge in [-0.1, -0.05) is 43.5 Å². The van der Waals surface area contributed by atoms with Crippen molar-refractivity contribution >= 4 is 5.57 Å². The maximum Gasteiger partial charge on any atom is 0.270 e. The van der Waals surface area contributed by atoms with Crippen molar-refractivity contribution in [2.24, 2.45) is 11.7 Å². The Bertz CT molecular complexity index is 610. The summed E-state index contributed by atoms with van der Waals surface area (Å²) < 4.78 is 26.8. The SMILES string of the molecule is CC(F)(F)c1ccc(/C(=C/C(N)=C2CCC2)CC2CCC2)cc1. The first-order valence-corrected chi connectivity index (χ1v) is 8.60. The number of rotatable bonds is 5. The quantitative estimate of drug-likeness (QED) is 0.733. The lowest BCUT2D eigenvalue weighted by Gasteiger charge is -2.27. The molecule has 1 aromatic rings. The van der Waals surface area contributed by atoms with Crippen LogP contribution in [0.15, 0.2) is 41.6 Å². The van der Waals surface area contributed by atoms with Crippen molar-refractivity contribution in [3.05, 3.63) is 52.7 Å². The minimum atomic E-state index is -2.79. The van der Waals surface area contributed by atoms with Crippen molar-refractivity contribution in [2.45, 2.75) is 57.8 Å². The fourth-order valence-electron chi connectivity index (χ4n) is 3.18. The summed E-state index contributed by atoms with van der Waals surface area (Å²) in [5, 5.41) is 0. The van der Waals surface area contributed by atoms with Crippen LogP contribution in [0.1, 0.15) is 63.0 Å². The van der Waals surface area contributed by atoms with Crippen LogP contribution in [0, 0.1) is 5.92 Å². The van der Waals surface area contributed by atoms with Gasteiger partial charge >= 0.3 is 0 Å². The second kappa shape index (κ2) is 6.46. The van der Waals surface area contributed by atoms with Crippen LogP contribution in [0.5, 0.6) is 0 Å². The summed E-state index contributed by atoms with van der Waals surface area (Å²) in [6.07, 6.45) is 10.3. The Morgan fingerprint density at radius 2 is 1.83 bits per heavy atom. The molecular weight excluding hydrogens is 292 g/mol. The molecule has 0 aromatic heterocycles. The van der Waals surface area contributed by atoms with E-state index in [9.17, 15) is 8.78 Å². The molecule has 2 aliphatic rings. The minimum Gasteiger partial charge on any atom is -0.399 e. The van der Waals surface area contributed by atoms with Crippen molar-refractivity contribution < 1.29 is 8.78 Å². The third-order valence-electron chi connectivity index (χ3n) is 5.19. The molecule has 2 saturated carbocycles. The number of hydrogen-bond acceptors (Lipinski definition) is 1. The lowest BCUT2D eigenvalue weighted by Crippen LogP contribution is -2.13. The van der Waals surface area contributed by atoms with E-state index in [0.717, 1.165) is 37.4 Å². The Labute approximate surface area is 137 Å². The molecule has 0 atom stereocenters. The zero-order valence-corrected chi connectivity index (χ0v) is 13.7. The van der Waals surface area contributed by atoms with Gasteiger partial charge in [0.05, 0.1) is 0 Å². The fourth-order valence-corrected chi connectivity index (χ4v) is 3.18. The van der Waals surface area contributed by atoms with Gasteiger partial charge in [0.15, 0.2) is 0 Å². The predicted octanol–water partition coefficient (Wildman–Crippen LogP) is 5.77. The van der Waals surface area contributed by atoms with Crippen molar-refractivity contribution in [3.63, 3.8) is 0 Å². The van der Waals surface area contributed by atoms with Crippen molar-refractivity contribution in [1.82, 2.24) is 0 Å². The van der Waals surface area contributed by atoms with Crippen LogP contribution in [-0.2, 0) is 5.92 Å². The molecule has 0 saturated heterocycles. The van der Waals surface area contributed by atoms with Crippen molar-refractivity contribution in [3.8, 4) is 0 Å². The zero-order chi connectivity index (χ0) is 16.4. The highest BCUT2D eigenvalue weighted by Crippen LogP contribution is 2.37. The predicted molar refractivity (Wildman–Crippen MR) is 91.0 cm³/mol. The van der Waals surface area contributed by atoms with E-state index in [1.54, 1.807) is 0 Å². The Balaban J connectivity index is 1.86. The van der Waals surface area contributed by atoms with E-state index in [-0.39, 0.29) is 5.56 Å². The van der Waals surface area contributed by atoms with Gasteiger partial charge in [-0.15, -0.1) is 0 Å². The molecule has 0 bridgehead atoms. The van der Waals surface area contributed by atoms with Crippen molar-refractivity contribution in [2.75, 3.05) is 0 Å². The average molecular weight is 317 g/mol. The topological polar surface area (TPSA) is 26.0 Å². The Morgan fingerprint density at radius 1 is 1.17 bits per heavy atom. The largest absolute Gasteiger partial charge is 0.399 e. The molecular formula is C20H25F2N. The van der Waals surface area contributed by atoms with E-state index in [4.69, 9.17) is 5.73 Å². The maximum absolute atomic E-state index is 13.4. The van der Waals surface area contributed by atoms with E-state index in [1.165, 1.54) is 49.0 Å². The summed E-state index contributed by atoms with van der Waals surface area (Å²) in [6.45, 7) is 0.937. The van der Waals surface area contributed by atoms with Crippen LogP contribution < -0.4 is 5.73 Å². The summed E-state index contributed by atoms with van der Waals surface area (Å²) >= 11 is 0. The molecule has 0 radical (unpaired) electrons. The first kappa shape index (κ1) is 16.2. The van der Waals surface area contributed by atoms with Crippen LogP contribution in [0.4, 0.5) is 8.78 Å². The molecule has 0 heterocycles. The number of hydrogen-bond donors (Lipinski definition) is 1. The summed E-state index contributed by atoms with van der Waals surface area (Å²) in [6, 6.07) is 6.71. The monoisotopic (exact) mass is 317 g/mol.